The van der Waals surface area contributed by atoms with Gasteiger partial charge in [0.2, 0.25) is 0 Å². The van der Waals surface area contributed by atoms with E-state index in [1.807, 2.05) is 6.92 Å². The second-order valence-corrected chi connectivity index (χ2v) is 4.39. The molecule has 3 atom stereocenters. The fraction of sp³-hybridized carbons (Fsp3) is 0.636. The number of aliphatic hydroxyl groups is 1. The van der Waals surface area contributed by atoms with Crippen molar-refractivity contribution >= 4 is 0 Å². The van der Waals surface area contributed by atoms with Crippen molar-refractivity contribution in [2.45, 2.75) is 38.1 Å². The number of H-pyrrole nitrogens is 1. The molecule has 0 saturated carbocycles. The lowest BCUT2D eigenvalue weighted by Crippen LogP contribution is -2.34. The average molecular weight is 255 g/mol. The van der Waals surface area contributed by atoms with E-state index in [0.29, 0.717) is 18.4 Å². The first-order chi connectivity index (χ1) is 8.56. The minimum atomic E-state index is -0.535. The number of nitrogens with two attached hydrogens (primary N) is 1. The molecule has 1 aromatic rings. The first-order valence-corrected chi connectivity index (χ1v) is 5.93. The molecular formula is C11H17N3O4. The van der Waals surface area contributed by atoms with Crippen molar-refractivity contribution in [2.24, 2.45) is 5.73 Å². The molecule has 2 heterocycles. The van der Waals surface area contributed by atoms with Crippen LogP contribution in [0.25, 0.3) is 0 Å². The van der Waals surface area contributed by atoms with Gasteiger partial charge in [-0.15, -0.1) is 0 Å². The number of aryl methyl sites for hydroxylation is 1. The minimum absolute atomic E-state index is 0.184. The van der Waals surface area contributed by atoms with Crippen molar-refractivity contribution in [2.75, 3.05) is 6.61 Å². The van der Waals surface area contributed by atoms with E-state index in [2.05, 4.69) is 4.98 Å². The van der Waals surface area contributed by atoms with Gasteiger partial charge in [-0.25, -0.2) is 4.79 Å². The lowest BCUT2D eigenvalue weighted by molar-refractivity contribution is -0.0272. The van der Waals surface area contributed by atoms with E-state index in [0.717, 1.165) is 0 Å². The zero-order valence-electron chi connectivity index (χ0n) is 10.1. The summed E-state index contributed by atoms with van der Waals surface area (Å²) in [5.74, 6) is 0. The Morgan fingerprint density at radius 3 is 2.89 bits per heavy atom. The zero-order valence-corrected chi connectivity index (χ0v) is 10.1. The molecule has 0 aliphatic carbocycles. The van der Waals surface area contributed by atoms with Crippen molar-refractivity contribution in [1.82, 2.24) is 9.55 Å². The van der Waals surface area contributed by atoms with Crippen molar-refractivity contribution in [1.29, 1.82) is 0 Å². The Morgan fingerprint density at radius 1 is 1.61 bits per heavy atom. The molecule has 1 aliphatic heterocycles. The molecule has 4 N–H and O–H groups in total. The van der Waals surface area contributed by atoms with Crippen LogP contribution in [0.15, 0.2) is 15.8 Å². The van der Waals surface area contributed by atoms with Gasteiger partial charge < -0.3 is 15.6 Å². The molecule has 1 aromatic heterocycles. The van der Waals surface area contributed by atoms with Gasteiger partial charge in [0.25, 0.3) is 5.56 Å². The summed E-state index contributed by atoms with van der Waals surface area (Å²) >= 11 is 0. The average Bonchev–Trinajstić information content (AvgIpc) is 2.70. The van der Waals surface area contributed by atoms with Crippen molar-refractivity contribution in [3.8, 4) is 0 Å². The lowest BCUT2D eigenvalue weighted by Gasteiger charge is -2.15. The van der Waals surface area contributed by atoms with Gasteiger partial charge in [0, 0.05) is 24.2 Å². The molecule has 0 radical (unpaired) electrons. The predicted octanol–water partition coefficient (Wildman–Crippen LogP) is -1.29. The Hall–Kier alpha value is -1.44. The molecule has 0 aromatic carbocycles. The topological polar surface area (TPSA) is 110 Å². The number of nitrogens with one attached hydrogen (secondary N) is 1. The third-order valence-corrected chi connectivity index (χ3v) is 3.20. The van der Waals surface area contributed by atoms with Gasteiger partial charge in [-0.1, -0.05) is 6.92 Å². The maximum absolute atomic E-state index is 11.7. The number of aromatic nitrogens is 2. The maximum atomic E-state index is 11.7. The standard InChI is InChI=1S/C11H17N3O4/c1-2-6-4-14(11(17)13-10(6)16)9-3-7(12)8(5-15)18-9/h4,7-9,15H,2-3,5,12H2,1H3,(H,13,16,17)/t7?,8-,9-/m0/s1. The van der Waals surface area contributed by atoms with Crippen molar-refractivity contribution in [3.05, 3.63) is 32.6 Å². The van der Waals surface area contributed by atoms with Crippen LogP contribution in [0.5, 0.6) is 0 Å². The summed E-state index contributed by atoms with van der Waals surface area (Å²) in [5, 5.41) is 9.07. The number of hydrogen-bond acceptors (Lipinski definition) is 5. The lowest BCUT2D eigenvalue weighted by atomic mass is 10.1. The van der Waals surface area contributed by atoms with Crippen LogP contribution in [0.2, 0.25) is 0 Å². The van der Waals surface area contributed by atoms with Crippen molar-refractivity contribution in [3.63, 3.8) is 0 Å². The van der Waals surface area contributed by atoms with E-state index in [1.165, 1.54) is 10.8 Å². The summed E-state index contributed by atoms with van der Waals surface area (Å²) in [5.41, 5.74) is 5.41. The Morgan fingerprint density at radius 2 is 2.33 bits per heavy atom. The third kappa shape index (κ3) is 2.24. The molecule has 1 fully saturated rings. The Bertz CT molecular complexity index is 536. The molecule has 1 aliphatic rings. The first-order valence-electron chi connectivity index (χ1n) is 5.93. The largest absolute Gasteiger partial charge is 0.394 e. The van der Waals surface area contributed by atoms with Crippen LogP contribution in [0.3, 0.4) is 0 Å². The third-order valence-electron chi connectivity index (χ3n) is 3.20. The number of aromatic amines is 1. The maximum Gasteiger partial charge on any atom is 0.330 e. The van der Waals surface area contributed by atoms with Crippen LogP contribution in [0.1, 0.15) is 25.1 Å². The number of hydrogen-bond donors (Lipinski definition) is 3. The molecule has 18 heavy (non-hydrogen) atoms. The number of aliphatic hydroxyl groups excluding tert-OH is 1. The molecule has 1 saturated heterocycles. The molecular weight excluding hydrogens is 238 g/mol. The highest BCUT2D eigenvalue weighted by Gasteiger charge is 2.33. The summed E-state index contributed by atoms with van der Waals surface area (Å²) in [7, 11) is 0. The van der Waals surface area contributed by atoms with Crippen molar-refractivity contribution < 1.29 is 9.84 Å². The highest BCUT2D eigenvalue weighted by Crippen LogP contribution is 2.25. The highest BCUT2D eigenvalue weighted by molar-refractivity contribution is 5.05. The Balaban J connectivity index is 2.35. The van der Waals surface area contributed by atoms with Crippen LogP contribution in [0.4, 0.5) is 0 Å². The fourth-order valence-corrected chi connectivity index (χ4v) is 2.09. The van der Waals surface area contributed by atoms with E-state index in [-0.39, 0.29) is 18.2 Å². The summed E-state index contributed by atoms with van der Waals surface area (Å²) in [6.07, 6.45) is 1.45. The van der Waals surface area contributed by atoms with Gasteiger partial charge >= 0.3 is 5.69 Å². The zero-order chi connectivity index (χ0) is 13.3. The van der Waals surface area contributed by atoms with Crippen LogP contribution in [-0.2, 0) is 11.2 Å². The second kappa shape index (κ2) is 5.05. The molecule has 0 spiro atoms. The number of nitrogens with zero attached hydrogens (tertiary/aromatic N) is 1. The summed E-state index contributed by atoms with van der Waals surface area (Å²) < 4.78 is 6.82. The quantitative estimate of drug-likeness (QED) is 0.622. The van der Waals surface area contributed by atoms with Gasteiger partial charge in [0.1, 0.15) is 6.23 Å². The SMILES string of the molecule is CCc1cn([C@@H]2CC(N)[C@H](CO)O2)c(=O)[nH]c1=O. The van der Waals surface area contributed by atoms with Gasteiger partial charge in [0.05, 0.1) is 12.7 Å². The Labute approximate surface area is 103 Å². The minimum Gasteiger partial charge on any atom is -0.394 e. The van der Waals surface area contributed by atoms with Gasteiger partial charge in [-0.2, -0.15) is 0 Å². The van der Waals surface area contributed by atoms with E-state index in [1.54, 1.807) is 0 Å². The van der Waals surface area contributed by atoms with Gasteiger partial charge in [-0.05, 0) is 6.42 Å². The molecule has 100 valence electrons. The van der Waals surface area contributed by atoms with E-state index >= 15 is 0 Å². The summed E-state index contributed by atoms with van der Waals surface area (Å²) in [6.45, 7) is 1.65. The number of ether oxygens (including phenoxy) is 1. The normalized spacial score (nSPS) is 27.6. The highest BCUT2D eigenvalue weighted by atomic mass is 16.5. The van der Waals surface area contributed by atoms with Gasteiger partial charge in [0.15, 0.2) is 0 Å². The van der Waals surface area contributed by atoms with Gasteiger partial charge in [-0.3, -0.25) is 14.3 Å². The number of rotatable bonds is 3. The van der Waals surface area contributed by atoms with Crippen LogP contribution in [0, 0.1) is 0 Å². The van der Waals surface area contributed by atoms with Crippen LogP contribution >= 0.6 is 0 Å². The Kier molecular flexibility index (Phi) is 3.65. The van der Waals surface area contributed by atoms with Crippen LogP contribution in [-0.4, -0.2) is 33.4 Å². The summed E-state index contributed by atoms with van der Waals surface area (Å²) in [4.78, 5) is 25.4. The fourth-order valence-electron chi connectivity index (χ4n) is 2.09. The van der Waals surface area contributed by atoms with E-state index in [9.17, 15) is 9.59 Å². The first kappa shape index (κ1) is 13.0. The smallest absolute Gasteiger partial charge is 0.330 e. The van der Waals surface area contributed by atoms with Crippen LogP contribution < -0.4 is 17.0 Å². The molecule has 7 nitrogen and oxygen atoms in total. The molecule has 7 heteroatoms. The summed E-state index contributed by atoms with van der Waals surface area (Å²) in [6, 6.07) is -0.316. The van der Waals surface area contributed by atoms with E-state index in [4.69, 9.17) is 15.6 Å². The molecule has 0 bridgehead atoms. The molecule has 0 amide bonds. The second-order valence-electron chi connectivity index (χ2n) is 4.39. The molecule has 2 rings (SSSR count). The monoisotopic (exact) mass is 255 g/mol. The predicted molar refractivity (Wildman–Crippen MR) is 64.3 cm³/mol. The molecule has 1 unspecified atom stereocenters. The van der Waals surface area contributed by atoms with E-state index < -0.39 is 18.0 Å².